The largest absolute Gasteiger partial charge is 0.469 e. The summed E-state index contributed by atoms with van der Waals surface area (Å²) in [5.74, 6) is 1.07. The lowest BCUT2D eigenvalue weighted by molar-refractivity contribution is -0.146. The summed E-state index contributed by atoms with van der Waals surface area (Å²) in [5.41, 5.74) is 0.810. The molecule has 0 amide bonds. The quantitative estimate of drug-likeness (QED) is 0.799. The number of hydrogen-bond donors (Lipinski definition) is 0. The van der Waals surface area contributed by atoms with Crippen LogP contribution in [0, 0.1) is 5.92 Å². The van der Waals surface area contributed by atoms with Crippen LogP contribution in [0.4, 0.5) is 0 Å². The Bertz CT molecular complexity index is 640. The lowest BCUT2D eigenvalue weighted by Crippen LogP contribution is -2.24. The number of imidazole rings is 1. The van der Waals surface area contributed by atoms with Crippen LogP contribution in [0.25, 0.3) is 5.52 Å². The highest BCUT2D eigenvalue weighted by atomic mass is 35.5. The van der Waals surface area contributed by atoms with Crippen molar-refractivity contribution >= 4 is 23.1 Å². The van der Waals surface area contributed by atoms with Crippen molar-refractivity contribution in [3.63, 3.8) is 0 Å². The molecule has 6 heteroatoms. The SMILES string of the molecule is COC(=O)[C@H]1CCC[C@@H](c2ncc3c(Cl)nccn23)C1. The van der Waals surface area contributed by atoms with E-state index in [1.807, 2.05) is 10.6 Å². The maximum Gasteiger partial charge on any atom is 0.308 e. The van der Waals surface area contributed by atoms with Crippen LogP contribution >= 0.6 is 11.6 Å². The minimum absolute atomic E-state index is 0.0246. The number of rotatable bonds is 2. The fourth-order valence-corrected chi connectivity index (χ4v) is 3.22. The smallest absolute Gasteiger partial charge is 0.308 e. The van der Waals surface area contributed by atoms with Crippen LogP contribution in [0.3, 0.4) is 0 Å². The second-order valence-electron chi connectivity index (χ2n) is 5.17. The van der Waals surface area contributed by atoms with E-state index in [4.69, 9.17) is 16.3 Å². The second kappa shape index (κ2) is 5.40. The molecule has 2 heterocycles. The summed E-state index contributed by atoms with van der Waals surface area (Å²) in [4.78, 5) is 20.3. The first-order valence-electron chi connectivity index (χ1n) is 6.76. The molecule has 0 spiro atoms. The molecule has 2 aromatic heterocycles. The molecule has 106 valence electrons. The van der Waals surface area contributed by atoms with Gasteiger partial charge in [0.2, 0.25) is 0 Å². The van der Waals surface area contributed by atoms with Crippen molar-refractivity contribution in [2.75, 3.05) is 7.11 Å². The van der Waals surface area contributed by atoms with Crippen molar-refractivity contribution in [1.82, 2.24) is 14.4 Å². The molecule has 1 saturated carbocycles. The summed E-state index contributed by atoms with van der Waals surface area (Å²) >= 11 is 6.06. The molecule has 3 rings (SSSR count). The van der Waals surface area contributed by atoms with Gasteiger partial charge in [-0.3, -0.25) is 9.20 Å². The molecule has 0 saturated heterocycles. The van der Waals surface area contributed by atoms with E-state index < -0.39 is 0 Å². The molecule has 0 unspecified atom stereocenters. The topological polar surface area (TPSA) is 56.5 Å². The van der Waals surface area contributed by atoms with Gasteiger partial charge >= 0.3 is 5.97 Å². The van der Waals surface area contributed by atoms with E-state index in [9.17, 15) is 4.79 Å². The molecule has 20 heavy (non-hydrogen) atoms. The third-order valence-corrected chi connectivity index (χ3v) is 4.31. The van der Waals surface area contributed by atoms with Crippen molar-refractivity contribution in [2.24, 2.45) is 5.92 Å². The summed E-state index contributed by atoms with van der Waals surface area (Å²) in [6, 6.07) is 0. The van der Waals surface area contributed by atoms with E-state index in [1.165, 1.54) is 7.11 Å². The zero-order chi connectivity index (χ0) is 14.1. The normalized spacial score (nSPS) is 22.9. The monoisotopic (exact) mass is 293 g/mol. The predicted octanol–water partition coefficient (Wildman–Crippen LogP) is 2.83. The minimum Gasteiger partial charge on any atom is -0.469 e. The lowest BCUT2D eigenvalue weighted by Gasteiger charge is -2.26. The first-order chi connectivity index (χ1) is 9.70. The van der Waals surface area contributed by atoms with Gasteiger partial charge in [-0.15, -0.1) is 0 Å². The van der Waals surface area contributed by atoms with Crippen LogP contribution in [0.5, 0.6) is 0 Å². The molecule has 5 nitrogen and oxygen atoms in total. The summed E-state index contributed by atoms with van der Waals surface area (Å²) in [6.45, 7) is 0. The van der Waals surface area contributed by atoms with Crippen LogP contribution in [0.1, 0.15) is 37.4 Å². The number of carbonyl (C=O) groups is 1. The zero-order valence-electron chi connectivity index (χ0n) is 11.3. The standard InChI is InChI=1S/C14H16ClN3O2/c1-20-14(19)10-4-2-3-9(7-10)13-17-8-11-12(15)16-5-6-18(11)13/h5-6,8-10H,2-4,7H2,1H3/t9-,10+/m1/s1. The molecule has 1 fully saturated rings. The Hall–Kier alpha value is -1.62. The number of hydrogen-bond acceptors (Lipinski definition) is 4. The summed E-state index contributed by atoms with van der Waals surface area (Å²) in [7, 11) is 1.45. The van der Waals surface area contributed by atoms with E-state index in [0.29, 0.717) is 5.15 Å². The molecular formula is C14H16ClN3O2. The van der Waals surface area contributed by atoms with Crippen molar-refractivity contribution < 1.29 is 9.53 Å². The van der Waals surface area contributed by atoms with Gasteiger partial charge in [-0.25, -0.2) is 9.97 Å². The molecule has 2 atom stereocenters. The highest BCUT2D eigenvalue weighted by molar-refractivity contribution is 6.32. The minimum atomic E-state index is -0.115. The summed E-state index contributed by atoms with van der Waals surface area (Å²) < 4.78 is 6.84. The van der Waals surface area contributed by atoms with Gasteiger partial charge < -0.3 is 4.74 Å². The molecule has 1 aliphatic carbocycles. The molecule has 0 aliphatic heterocycles. The maximum absolute atomic E-state index is 11.7. The fraction of sp³-hybridized carbons (Fsp3) is 0.500. The van der Waals surface area contributed by atoms with Gasteiger partial charge in [-0.1, -0.05) is 18.0 Å². The van der Waals surface area contributed by atoms with Gasteiger partial charge in [0.25, 0.3) is 0 Å². The van der Waals surface area contributed by atoms with Gasteiger partial charge in [0.05, 0.1) is 19.2 Å². The van der Waals surface area contributed by atoms with Crippen LogP contribution in [-0.4, -0.2) is 27.4 Å². The van der Waals surface area contributed by atoms with Crippen LogP contribution in [-0.2, 0) is 9.53 Å². The molecule has 0 radical (unpaired) electrons. The summed E-state index contributed by atoms with van der Waals surface area (Å²) in [6.07, 6.45) is 9.00. The first-order valence-corrected chi connectivity index (χ1v) is 7.13. The Labute approximate surface area is 121 Å². The molecule has 1 aliphatic rings. The van der Waals surface area contributed by atoms with Crippen molar-refractivity contribution in [3.8, 4) is 0 Å². The highest BCUT2D eigenvalue weighted by Crippen LogP contribution is 2.36. The van der Waals surface area contributed by atoms with E-state index in [2.05, 4.69) is 9.97 Å². The third kappa shape index (κ3) is 2.26. The lowest BCUT2D eigenvalue weighted by atomic mass is 9.81. The Kier molecular flexibility index (Phi) is 3.61. The van der Waals surface area contributed by atoms with E-state index in [-0.39, 0.29) is 17.8 Å². The number of methoxy groups -OCH3 is 1. The Morgan fingerprint density at radius 2 is 2.30 bits per heavy atom. The average molecular weight is 294 g/mol. The number of esters is 1. The molecular weight excluding hydrogens is 278 g/mol. The fourth-order valence-electron chi connectivity index (χ4n) is 3.02. The summed E-state index contributed by atoms with van der Waals surface area (Å²) in [5, 5.41) is 0.451. The van der Waals surface area contributed by atoms with Crippen molar-refractivity contribution in [3.05, 3.63) is 29.6 Å². The van der Waals surface area contributed by atoms with Crippen LogP contribution in [0.15, 0.2) is 18.6 Å². The van der Waals surface area contributed by atoms with Crippen molar-refractivity contribution in [1.29, 1.82) is 0 Å². The van der Waals surface area contributed by atoms with Gasteiger partial charge in [-0.2, -0.15) is 0 Å². The first kappa shape index (κ1) is 13.4. The molecule has 0 bridgehead atoms. The predicted molar refractivity (Wildman–Crippen MR) is 74.7 cm³/mol. The Balaban J connectivity index is 1.91. The zero-order valence-corrected chi connectivity index (χ0v) is 12.0. The van der Waals surface area contributed by atoms with Gasteiger partial charge in [0.1, 0.15) is 11.3 Å². The van der Waals surface area contributed by atoms with Gasteiger partial charge in [0.15, 0.2) is 5.15 Å². The molecule has 2 aromatic rings. The Morgan fingerprint density at radius 3 is 3.10 bits per heavy atom. The average Bonchev–Trinajstić information content (AvgIpc) is 2.92. The number of aromatic nitrogens is 3. The molecule has 0 N–H and O–H groups in total. The van der Waals surface area contributed by atoms with E-state index in [0.717, 1.165) is 37.0 Å². The van der Waals surface area contributed by atoms with Crippen molar-refractivity contribution in [2.45, 2.75) is 31.6 Å². The third-order valence-electron chi connectivity index (χ3n) is 4.01. The van der Waals surface area contributed by atoms with E-state index in [1.54, 1.807) is 12.4 Å². The highest BCUT2D eigenvalue weighted by Gasteiger charge is 2.30. The number of carbonyl (C=O) groups excluding carboxylic acids is 1. The number of fused-ring (bicyclic) bond motifs is 1. The Morgan fingerprint density at radius 1 is 1.45 bits per heavy atom. The van der Waals surface area contributed by atoms with Crippen LogP contribution in [0.2, 0.25) is 5.15 Å². The maximum atomic E-state index is 11.7. The number of nitrogens with zero attached hydrogens (tertiary/aromatic N) is 3. The molecule has 0 aromatic carbocycles. The van der Waals surface area contributed by atoms with E-state index >= 15 is 0 Å². The number of halogens is 1. The van der Waals surface area contributed by atoms with Gasteiger partial charge in [0, 0.05) is 18.3 Å². The van der Waals surface area contributed by atoms with Crippen LogP contribution < -0.4 is 0 Å². The number of ether oxygens (including phenoxy) is 1. The second-order valence-corrected chi connectivity index (χ2v) is 5.53. The van der Waals surface area contributed by atoms with Gasteiger partial charge in [-0.05, 0) is 19.3 Å².